The van der Waals surface area contributed by atoms with Crippen molar-refractivity contribution in [1.29, 1.82) is 0 Å². The summed E-state index contributed by atoms with van der Waals surface area (Å²) in [6.45, 7) is 4.21. The summed E-state index contributed by atoms with van der Waals surface area (Å²) < 4.78 is 0. The lowest BCUT2D eigenvalue weighted by Crippen LogP contribution is -2.41. The Hall–Kier alpha value is -1.03. The van der Waals surface area contributed by atoms with Crippen molar-refractivity contribution >= 4 is 0 Å². The molecule has 1 unspecified atom stereocenters. The SMILES string of the molecule is CC1(c2cc(=O)[nH][nH]2)CCCNC1. The lowest BCUT2D eigenvalue weighted by Gasteiger charge is -2.32. The molecule has 1 fully saturated rings. The first-order valence-corrected chi connectivity index (χ1v) is 4.70. The van der Waals surface area contributed by atoms with E-state index < -0.39 is 0 Å². The van der Waals surface area contributed by atoms with Gasteiger partial charge in [0, 0.05) is 23.7 Å². The quantitative estimate of drug-likeness (QED) is 0.585. The highest BCUT2D eigenvalue weighted by Crippen LogP contribution is 2.27. The number of hydrogen-bond donors (Lipinski definition) is 3. The fourth-order valence-electron chi connectivity index (χ4n) is 1.94. The smallest absolute Gasteiger partial charge is 0.264 e. The van der Waals surface area contributed by atoms with E-state index in [0.29, 0.717) is 0 Å². The Bertz CT molecular complexity index is 333. The Morgan fingerprint density at radius 2 is 2.31 bits per heavy atom. The monoisotopic (exact) mass is 181 g/mol. The summed E-state index contributed by atoms with van der Waals surface area (Å²) >= 11 is 0. The van der Waals surface area contributed by atoms with Gasteiger partial charge in [-0.2, -0.15) is 0 Å². The molecule has 1 aromatic rings. The second-order valence-corrected chi connectivity index (χ2v) is 4.01. The van der Waals surface area contributed by atoms with E-state index in [0.717, 1.165) is 25.2 Å². The lowest BCUT2D eigenvalue weighted by molar-refractivity contribution is 0.331. The van der Waals surface area contributed by atoms with Gasteiger partial charge in [0.05, 0.1) is 0 Å². The molecule has 1 aliphatic heterocycles. The molecule has 0 saturated carbocycles. The van der Waals surface area contributed by atoms with E-state index in [2.05, 4.69) is 22.4 Å². The number of nitrogens with one attached hydrogen (secondary N) is 3. The highest BCUT2D eigenvalue weighted by molar-refractivity contribution is 5.15. The third-order valence-electron chi connectivity index (χ3n) is 2.84. The molecule has 72 valence electrons. The maximum atomic E-state index is 11.0. The average molecular weight is 181 g/mol. The van der Waals surface area contributed by atoms with Crippen LogP contribution in [0, 0.1) is 0 Å². The van der Waals surface area contributed by atoms with E-state index in [1.165, 1.54) is 6.42 Å². The highest BCUT2D eigenvalue weighted by atomic mass is 16.1. The van der Waals surface area contributed by atoms with Crippen molar-refractivity contribution in [3.63, 3.8) is 0 Å². The average Bonchev–Trinajstić information content (AvgIpc) is 2.54. The summed E-state index contributed by atoms with van der Waals surface area (Å²) in [5.41, 5.74) is 1.07. The predicted octanol–water partition coefficient (Wildman–Crippen LogP) is 0.344. The van der Waals surface area contributed by atoms with Crippen LogP contribution in [0.25, 0.3) is 0 Å². The van der Waals surface area contributed by atoms with Crippen molar-refractivity contribution in [1.82, 2.24) is 15.5 Å². The molecular weight excluding hydrogens is 166 g/mol. The minimum absolute atomic E-state index is 0.0400. The largest absolute Gasteiger partial charge is 0.316 e. The zero-order valence-electron chi connectivity index (χ0n) is 7.81. The maximum Gasteiger partial charge on any atom is 0.264 e. The van der Waals surface area contributed by atoms with Crippen molar-refractivity contribution in [2.45, 2.75) is 25.2 Å². The molecule has 2 rings (SSSR count). The van der Waals surface area contributed by atoms with E-state index in [1.54, 1.807) is 6.07 Å². The van der Waals surface area contributed by atoms with Gasteiger partial charge in [0.15, 0.2) is 0 Å². The van der Waals surface area contributed by atoms with Crippen molar-refractivity contribution in [2.24, 2.45) is 0 Å². The first kappa shape index (κ1) is 8.56. The summed E-state index contributed by atoms with van der Waals surface area (Å²) in [6.07, 6.45) is 2.30. The van der Waals surface area contributed by atoms with Gasteiger partial charge in [-0.3, -0.25) is 9.89 Å². The molecule has 3 N–H and O–H groups in total. The summed E-state index contributed by atoms with van der Waals surface area (Å²) in [6, 6.07) is 1.66. The number of aromatic amines is 2. The van der Waals surface area contributed by atoms with Crippen LogP contribution in [0.4, 0.5) is 0 Å². The predicted molar refractivity (Wildman–Crippen MR) is 50.9 cm³/mol. The summed E-state index contributed by atoms with van der Waals surface area (Å²) in [7, 11) is 0. The van der Waals surface area contributed by atoms with E-state index in [9.17, 15) is 4.79 Å². The van der Waals surface area contributed by atoms with Gasteiger partial charge in [-0.05, 0) is 19.4 Å². The Morgan fingerprint density at radius 3 is 2.85 bits per heavy atom. The standard InChI is InChI=1S/C9H15N3O/c1-9(3-2-4-10-6-9)7-5-8(13)12-11-7/h5,10H,2-4,6H2,1H3,(H2,11,12,13). The van der Waals surface area contributed by atoms with E-state index in [4.69, 9.17) is 0 Å². The lowest BCUT2D eigenvalue weighted by atomic mass is 9.80. The molecule has 4 nitrogen and oxygen atoms in total. The van der Waals surface area contributed by atoms with Crippen LogP contribution in [0.3, 0.4) is 0 Å². The van der Waals surface area contributed by atoms with Gasteiger partial charge in [-0.25, -0.2) is 0 Å². The Morgan fingerprint density at radius 1 is 1.46 bits per heavy atom. The van der Waals surface area contributed by atoms with Gasteiger partial charge in [0.2, 0.25) is 0 Å². The molecule has 0 aromatic carbocycles. The molecule has 0 aliphatic carbocycles. The van der Waals surface area contributed by atoms with Crippen LogP contribution >= 0.6 is 0 Å². The molecule has 0 radical (unpaired) electrons. The second-order valence-electron chi connectivity index (χ2n) is 4.01. The number of piperidine rings is 1. The number of aromatic nitrogens is 2. The number of H-pyrrole nitrogens is 2. The third kappa shape index (κ3) is 1.54. The molecule has 0 bridgehead atoms. The van der Waals surface area contributed by atoms with Gasteiger partial charge in [-0.1, -0.05) is 6.92 Å². The third-order valence-corrected chi connectivity index (χ3v) is 2.84. The highest BCUT2D eigenvalue weighted by Gasteiger charge is 2.30. The van der Waals surface area contributed by atoms with Crippen molar-refractivity contribution in [2.75, 3.05) is 13.1 Å². The van der Waals surface area contributed by atoms with Crippen LogP contribution in [0.5, 0.6) is 0 Å². The van der Waals surface area contributed by atoms with Crippen LogP contribution in [0.2, 0.25) is 0 Å². The zero-order chi connectivity index (χ0) is 9.31. The summed E-state index contributed by atoms with van der Waals surface area (Å²) in [5.74, 6) is 0. The minimum Gasteiger partial charge on any atom is -0.316 e. The van der Waals surface area contributed by atoms with Crippen molar-refractivity contribution in [3.8, 4) is 0 Å². The molecule has 4 heteroatoms. The van der Waals surface area contributed by atoms with Gasteiger partial charge < -0.3 is 10.4 Å². The molecule has 1 saturated heterocycles. The first-order chi connectivity index (χ1) is 6.21. The Balaban J connectivity index is 2.27. The van der Waals surface area contributed by atoms with Crippen molar-refractivity contribution in [3.05, 3.63) is 22.1 Å². The second kappa shape index (κ2) is 3.03. The van der Waals surface area contributed by atoms with Crippen LogP contribution in [-0.2, 0) is 5.41 Å². The van der Waals surface area contributed by atoms with Crippen LogP contribution in [0.1, 0.15) is 25.5 Å². The molecule has 1 aliphatic rings. The Labute approximate surface area is 76.7 Å². The van der Waals surface area contributed by atoms with E-state index >= 15 is 0 Å². The van der Waals surface area contributed by atoms with Crippen molar-refractivity contribution < 1.29 is 0 Å². The van der Waals surface area contributed by atoms with E-state index in [1.807, 2.05) is 0 Å². The summed E-state index contributed by atoms with van der Waals surface area (Å²) in [5, 5.41) is 8.87. The van der Waals surface area contributed by atoms with Crippen LogP contribution in [0.15, 0.2) is 10.9 Å². The molecule has 1 atom stereocenters. The molecule has 1 aromatic heterocycles. The van der Waals surface area contributed by atoms with Gasteiger partial charge in [-0.15, -0.1) is 0 Å². The summed E-state index contributed by atoms with van der Waals surface area (Å²) in [4.78, 5) is 11.0. The number of hydrogen-bond acceptors (Lipinski definition) is 2. The minimum atomic E-state index is -0.0400. The normalized spacial score (nSPS) is 29.0. The molecule has 0 amide bonds. The fraction of sp³-hybridized carbons (Fsp3) is 0.667. The van der Waals surface area contributed by atoms with Crippen LogP contribution in [-0.4, -0.2) is 23.3 Å². The fourth-order valence-corrected chi connectivity index (χ4v) is 1.94. The van der Waals surface area contributed by atoms with Gasteiger partial charge >= 0.3 is 0 Å². The molecular formula is C9H15N3O. The van der Waals surface area contributed by atoms with Gasteiger partial charge in [0.1, 0.15) is 0 Å². The first-order valence-electron chi connectivity index (χ1n) is 4.70. The van der Waals surface area contributed by atoms with Crippen LogP contribution < -0.4 is 10.9 Å². The Kier molecular flexibility index (Phi) is 2.00. The zero-order valence-corrected chi connectivity index (χ0v) is 7.81. The molecule has 13 heavy (non-hydrogen) atoms. The maximum absolute atomic E-state index is 11.0. The molecule has 0 spiro atoms. The number of rotatable bonds is 1. The molecule has 2 heterocycles. The van der Waals surface area contributed by atoms with Gasteiger partial charge in [0.25, 0.3) is 5.56 Å². The topological polar surface area (TPSA) is 60.7 Å². The van der Waals surface area contributed by atoms with E-state index in [-0.39, 0.29) is 11.0 Å².